The molecule has 142 valence electrons. The summed E-state index contributed by atoms with van der Waals surface area (Å²) in [5.41, 5.74) is 2.03. The Morgan fingerprint density at radius 3 is 2.69 bits per heavy atom. The lowest BCUT2D eigenvalue weighted by Gasteiger charge is -2.20. The first kappa shape index (κ1) is 18.7. The Labute approximate surface area is 155 Å². The molecule has 0 saturated carbocycles. The van der Waals surface area contributed by atoms with Crippen LogP contribution in [-0.2, 0) is 6.42 Å². The number of fused-ring (bicyclic) bond motifs is 1. The van der Waals surface area contributed by atoms with Gasteiger partial charge in [-0.3, -0.25) is 4.99 Å². The quantitative estimate of drug-likeness (QED) is 0.549. The summed E-state index contributed by atoms with van der Waals surface area (Å²) in [6, 6.07) is 4.89. The highest BCUT2D eigenvalue weighted by Crippen LogP contribution is 2.19. The fourth-order valence-corrected chi connectivity index (χ4v) is 3.59. The lowest BCUT2D eigenvalue weighted by Crippen LogP contribution is -2.42. The lowest BCUT2D eigenvalue weighted by molar-refractivity contribution is 0.289. The van der Waals surface area contributed by atoms with Crippen molar-refractivity contribution in [1.29, 1.82) is 0 Å². The van der Waals surface area contributed by atoms with Gasteiger partial charge in [-0.1, -0.05) is 12.8 Å². The zero-order valence-corrected chi connectivity index (χ0v) is 15.7. The number of rotatable bonds is 6. The van der Waals surface area contributed by atoms with Gasteiger partial charge in [0.25, 0.3) is 0 Å². The SMILES string of the molecule is CN=C(NCCc1c[nH]c2cc(F)ccc12)NCCN1CCCCCC1. The van der Waals surface area contributed by atoms with Crippen molar-refractivity contribution in [3.8, 4) is 0 Å². The van der Waals surface area contributed by atoms with Crippen LogP contribution in [0.3, 0.4) is 0 Å². The second-order valence-electron chi connectivity index (χ2n) is 6.94. The van der Waals surface area contributed by atoms with E-state index >= 15 is 0 Å². The summed E-state index contributed by atoms with van der Waals surface area (Å²) in [6.07, 6.45) is 8.20. The van der Waals surface area contributed by atoms with E-state index in [0.29, 0.717) is 0 Å². The van der Waals surface area contributed by atoms with Crippen LogP contribution in [0.4, 0.5) is 4.39 Å². The molecule has 26 heavy (non-hydrogen) atoms. The van der Waals surface area contributed by atoms with Crippen molar-refractivity contribution in [3.05, 3.63) is 35.8 Å². The molecular weight excluding hydrogens is 329 g/mol. The number of nitrogens with zero attached hydrogens (tertiary/aromatic N) is 2. The van der Waals surface area contributed by atoms with Crippen molar-refractivity contribution in [2.24, 2.45) is 4.99 Å². The predicted octanol–water partition coefficient (Wildman–Crippen LogP) is 2.89. The number of H-pyrrole nitrogens is 1. The summed E-state index contributed by atoms with van der Waals surface area (Å²) in [5, 5.41) is 7.85. The molecule has 3 N–H and O–H groups in total. The van der Waals surface area contributed by atoms with Crippen molar-refractivity contribution in [2.45, 2.75) is 32.1 Å². The molecule has 0 spiro atoms. The third kappa shape index (κ3) is 5.21. The van der Waals surface area contributed by atoms with Crippen molar-refractivity contribution >= 4 is 16.9 Å². The number of likely N-dealkylation sites (tertiary alicyclic amines) is 1. The van der Waals surface area contributed by atoms with E-state index in [2.05, 4.69) is 25.5 Å². The molecule has 0 amide bonds. The lowest BCUT2D eigenvalue weighted by atomic mass is 10.1. The minimum atomic E-state index is -0.210. The summed E-state index contributed by atoms with van der Waals surface area (Å²) < 4.78 is 13.3. The molecule has 0 bridgehead atoms. The number of nitrogens with one attached hydrogen (secondary N) is 3. The van der Waals surface area contributed by atoms with Gasteiger partial charge in [0.05, 0.1) is 0 Å². The minimum absolute atomic E-state index is 0.210. The molecule has 1 aliphatic heterocycles. The highest BCUT2D eigenvalue weighted by Gasteiger charge is 2.09. The van der Waals surface area contributed by atoms with E-state index in [4.69, 9.17) is 0 Å². The molecule has 1 aromatic carbocycles. The molecule has 1 saturated heterocycles. The molecule has 0 unspecified atom stereocenters. The van der Waals surface area contributed by atoms with Gasteiger partial charge >= 0.3 is 0 Å². The van der Waals surface area contributed by atoms with Gasteiger partial charge in [0.15, 0.2) is 5.96 Å². The first-order valence-corrected chi connectivity index (χ1v) is 9.68. The zero-order valence-electron chi connectivity index (χ0n) is 15.7. The number of aliphatic imine (C=N–C) groups is 1. The number of halogens is 1. The average molecular weight is 359 g/mol. The summed E-state index contributed by atoms with van der Waals surface area (Å²) >= 11 is 0. The topological polar surface area (TPSA) is 55.5 Å². The molecule has 1 fully saturated rings. The summed E-state index contributed by atoms with van der Waals surface area (Å²) in [7, 11) is 1.80. The number of benzene rings is 1. The number of aromatic nitrogens is 1. The highest BCUT2D eigenvalue weighted by atomic mass is 19.1. The van der Waals surface area contributed by atoms with Crippen LogP contribution in [0.25, 0.3) is 10.9 Å². The summed E-state index contributed by atoms with van der Waals surface area (Å²) in [5.74, 6) is 0.628. The van der Waals surface area contributed by atoms with E-state index < -0.39 is 0 Å². The molecule has 0 aliphatic carbocycles. The predicted molar refractivity (Wildman–Crippen MR) is 106 cm³/mol. The highest BCUT2D eigenvalue weighted by molar-refractivity contribution is 5.83. The average Bonchev–Trinajstić information content (AvgIpc) is 2.86. The standard InChI is InChI=1S/C20H30FN5/c1-22-20(24-10-13-26-11-4-2-3-5-12-26)23-9-8-16-15-25-19-14-17(21)6-7-18(16)19/h6-7,14-15,25H,2-5,8-13H2,1H3,(H2,22,23,24). The molecule has 5 nitrogen and oxygen atoms in total. The minimum Gasteiger partial charge on any atom is -0.361 e. The Bertz CT molecular complexity index is 716. The molecule has 0 atom stereocenters. The van der Waals surface area contributed by atoms with Gasteiger partial charge in [-0.15, -0.1) is 0 Å². The van der Waals surface area contributed by atoms with Gasteiger partial charge in [0.1, 0.15) is 5.82 Å². The van der Waals surface area contributed by atoms with Crippen molar-refractivity contribution in [1.82, 2.24) is 20.5 Å². The monoisotopic (exact) mass is 359 g/mol. The maximum absolute atomic E-state index is 13.3. The maximum Gasteiger partial charge on any atom is 0.191 e. The van der Waals surface area contributed by atoms with E-state index in [9.17, 15) is 4.39 Å². The first-order chi connectivity index (χ1) is 12.8. The van der Waals surface area contributed by atoms with Crippen molar-refractivity contribution in [3.63, 3.8) is 0 Å². The number of guanidine groups is 1. The smallest absolute Gasteiger partial charge is 0.191 e. The van der Waals surface area contributed by atoms with Gasteiger partial charge < -0.3 is 20.5 Å². The van der Waals surface area contributed by atoms with Crippen LogP contribution in [0, 0.1) is 5.82 Å². The first-order valence-electron chi connectivity index (χ1n) is 9.68. The van der Waals surface area contributed by atoms with Crippen LogP contribution >= 0.6 is 0 Å². The van der Waals surface area contributed by atoms with E-state index in [1.54, 1.807) is 7.05 Å². The van der Waals surface area contributed by atoms with E-state index in [1.807, 2.05) is 12.3 Å². The Morgan fingerprint density at radius 1 is 1.15 bits per heavy atom. The maximum atomic E-state index is 13.3. The number of hydrogen-bond acceptors (Lipinski definition) is 2. The fraction of sp³-hybridized carbons (Fsp3) is 0.550. The second-order valence-corrected chi connectivity index (χ2v) is 6.94. The molecule has 2 aromatic rings. The van der Waals surface area contributed by atoms with Crippen LogP contribution in [0.5, 0.6) is 0 Å². The van der Waals surface area contributed by atoms with Crippen molar-refractivity contribution in [2.75, 3.05) is 39.8 Å². The largest absolute Gasteiger partial charge is 0.361 e. The summed E-state index contributed by atoms with van der Waals surface area (Å²) in [4.78, 5) is 9.98. The van der Waals surface area contributed by atoms with Crippen LogP contribution in [-0.4, -0.2) is 55.6 Å². The van der Waals surface area contributed by atoms with Crippen LogP contribution in [0.2, 0.25) is 0 Å². The van der Waals surface area contributed by atoms with Crippen molar-refractivity contribution < 1.29 is 4.39 Å². The van der Waals surface area contributed by atoms with Gasteiger partial charge in [-0.25, -0.2) is 4.39 Å². The molecule has 2 heterocycles. The Morgan fingerprint density at radius 2 is 1.92 bits per heavy atom. The van der Waals surface area contributed by atoms with Gasteiger partial charge in [0, 0.05) is 43.8 Å². The van der Waals surface area contributed by atoms with Crippen LogP contribution in [0.15, 0.2) is 29.4 Å². The number of aromatic amines is 1. The second kappa shape index (κ2) is 9.57. The molecule has 0 radical (unpaired) electrons. The molecular formula is C20H30FN5. The Hall–Kier alpha value is -2.08. The molecule has 6 heteroatoms. The van der Waals surface area contributed by atoms with Gasteiger partial charge in [-0.05, 0) is 56.1 Å². The van der Waals surface area contributed by atoms with E-state index in [0.717, 1.165) is 42.9 Å². The van der Waals surface area contributed by atoms with Gasteiger partial charge in [-0.2, -0.15) is 0 Å². The molecule has 1 aromatic heterocycles. The summed E-state index contributed by atoms with van der Waals surface area (Å²) in [6.45, 7) is 5.19. The fourth-order valence-electron chi connectivity index (χ4n) is 3.59. The van der Waals surface area contributed by atoms with E-state index in [-0.39, 0.29) is 5.82 Å². The third-order valence-electron chi connectivity index (χ3n) is 5.06. The molecule has 1 aliphatic rings. The Kier molecular flexibility index (Phi) is 6.89. The van der Waals surface area contributed by atoms with E-state index in [1.165, 1.54) is 56.5 Å². The van der Waals surface area contributed by atoms with Crippen LogP contribution in [0.1, 0.15) is 31.2 Å². The zero-order chi connectivity index (χ0) is 18.2. The van der Waals surface area contributed by atoms with Gasteiger partial charge in [0.2, 0.25) is 0 Å². The third-order valence-corrected chi connectivity index (χ3v) is 5.06. The normalized spacial score (nSPS) is 16.6. The number of hydrogen-bond donors (Lipinski definition) is 3. The van der Waals surface area contributed by atoms with Crippen LogP contribution < -0.4 is 10.6 Å². The molecule has 3 rings (SSSR count). The Balaban J connectivity index is 1.41.